The lowest BCUT2D eigenvalue weighted by atomic mass is 10.1. The third-order valence-corrected chi connectivity index (χ3v) is 3.27. The highest BCUT2D eigenvalue weighted by atomic mass is 16.5. The van der Waals surface area contributed by atoms with Gasteiger partial charge in [0, 0.05) is 20.2 Å². The van der Waals surface area contributed by atoms with Gasteiger partial charge in [-0.2, -0.15) is 0 Å². The molecule has 1 unspecified atom stereocenters. The fraction of sp³-hybridized carbons (Fsp3) is 0.235. The number of amides is 1. The van der Waals surface area contributed by atoms with E-state index in [0.717, 1.165) is 16.7 Å². The molecule has 110 valence electrons. The summed E-state index contributed by atoms with van der Waals surface area (Å²) in [6.45, 7) is 0.950. The van der Waals surface area contributed by atoms with Crippen LogP contribution in [-0.2, 0) is 22.6 Å². The normalized spacial score (nSPS) is 11.9. The second-order valence-electron chi connectivity index (χ2n) is 4.77. The first-order valence-corrected chi connectivity index (χ1v) is 6.88. The number of nitrogens with two attached hydrogens (primary N) is 1. The highest BCUT2D eigenvalue weighted by molar-refractivity contribution is 5.82. The summed E-state index contributed by atoms with van der Waals surface area (Å²) in [6, 6.07) is 17.3. The third-order valence-electron chi connectivity index (χ3n) is 3.27. The molecule has 2 rings (SSSR count). The molecule has 0 bridgehead atoms. The number of ether oxygens (including phenoxy) is 1. The molecule has 0 heterocycles. The molecule has 0 aliphatic heterocycles. The van der Waals surface area contributed by atoms with Gasteiger partial charge in [0.25, 0.3) is 5.91 Å². The van der Waals surface area contributed by atoms with Gasteiger partial charge in [-0.3, -0.25) is 4.79 Å². The summed E-state index contributed by atoms with van der Waals surface area (Å²) < 4.78 is 5.30. The van der Waals surface area contributed by atoms with Crippen LogP contribution in [0.5, 0.6) is 0 Å². The summed E-state index contributed by atoms with van der Waals surface area (Å²) in [5, 5.41) is 2.90. The lowest BCUT2D eigenvalue weighted by Crippen LogP contribution is -2.30. The molecule has 0 aliphatic rings. The van der Waals surface area contributed by atoms with Crippen molar-refractivity contribution in [2.45, 2.75) is 19.2 Å². The fourth-order valence-electron chi connectivity index (χ4n) is 2.17. The van der Waals surface area contributed by atoms with Gasteiger partial charge in [0.05, 0.1) is 0 Å². The summed E-state index contributed by atoms with van der Waals surface area (Å²) in [4.78, 5) is 12.2. The average molecular weight is 284 g/mol. The van der Waals surface area contributed by atoms with Gasteiger partial charge >= 0.3 is 0 Å². The monoisotopic (exact) mass is 284 g/mol. The molecule has 0 spiro atoms. The standard InChI is InChI=1S/C17H20N2O2/c1-21-16(15-8-3-2-4-9-15)17(20)19-12-14-7-5-6-13(10-14)11-18/h2-10,16H,11-12,18H2,1H3,(H,19,20). The number of nitrogens with one attached hydrogen (secondary N) is 1. The molecule has 0 aliphatic carbocycles. The van der Waals surface area contributed by atoms with Crippen LogP contribution in [0.3, 0.4) is 0 Å². The van der Waals surface area contributed by atoms with Crippen molar-refractivity contribution in [1.29, 1.82) is 0 Å². The van der Waals surface area contributed by atoms with Crippen molar-refractivity contribution in [3.63, 3.8) is 0 Å². The predicted molar refractivity (Wildman–Crippen MR) is 82.4 cm³/mol. The Kier molecular flexibility index (Phi) is 5.49. The maximum absolute atomic E-state index is 12.2. The fourth-order valence-corrected chi connectivity index (χ4v) is 2.17. The van der Waals surface area contributed by atoms with Gasteiger partial charge in [0.15, 0.2) is 6.10 Å². The highest BCUT2D eigenvalue weighted by Crippen LogP contribution is 2.16. The quantitative estimate of drug-likeness (QED) is 0.854. The van der Waals surface area contributed by atoms with Crippen molar-refractivity contribution in [2.75, 3.05) is 7.11 Å². The number of methoxy groups -OCH3 is 1. The second-order valence-corrected chi connectivity index (χ2v) is 4.77. The summed E-state index contributed by atoms with van der Waals surface area (Å²) in [5.74, 6) is -0.151. The first kappa shape index (κ1) is 15.2. The van der Waals surface area contributed by atoms with Crippen LogP contribution in [0, 0.1) is 0 Å². The second kappa shape index (κ2) is 7.57. The molecule has 4 nitrogen and oxygen atoms in total. The summed E-state index contributed by atoms with van der Waals surface area (Å²) in [6.07, 6.45) is -0.594. The van der Waals surface area contributed by atoms with Crippen LogP contribution in [0.2, 0.25) is 0 Å². The zero-order valence-electron chi connectivity index (χ0n) is 12.1. The van der Waals surface area contributed by atoms with Crippen LogP contribution in [0.25, 0.3) is 0 Å². The smallest absolute Gasteiger partial charge is 0.254 e. The Labute approximate surface area is 124 Å². The average Bonchev–Trinajstić information content (AvgIpc) is 2.55. The molecule has 1 atom stereocenters. The minimum absolute atomic E-state index is 0.151. The van der Waals surface area contributed by atoms with Gasteiger partial charge in [-0.1, -0.05) is 54.6 Å². The first-order chi connectivity index (χ1) is 10.2. The summed E-state index contributed by atoms with van der Waals surface area (Å²) in [7, 11) is 1.53. The van der Waals surface area contributed by atoms with Gasteiger partial charge in [0.1, 0.15) is 0 Å². The van der Waals surface area contributed by atoms with Crippen molar-refractivity contribution in [3.8, 4) is 0 Å². The van der Waals surface area contributed by atoms with Gasteiger partial charge in [-0.15, -0.1) is 0 Å². The van der Waals surface area contributed by atoms with Crippen molar-refractivity contribution in [2.24, 2.45) is 5.73 Å². The number of carbonyl (C=O) groups is 1. The lowest BCUT2D eigenvalue weighted by molar-refractivity contribution is -0.131. The highest BCUT2D eigenvalue weighted by Gasteiger charge is 2.19. The topological polar surface area (TPSA) is 64.3 Å². The largest absolute Gasteiger partial charge is 0.367 e. The van der Waals surface area contributed by atoms with E-state index < -0.39 is 6.10 Å². The molecule has 0 fully saturated rings. The van der Waals surface area contributed by atoms with Crippen LogP contribution in [0.15, 0.2) is 54.6 Å². The Balaban J connectivity index is 2.00. The van der Waals surface area contributed by atoms with E-state index in [1.165, 1.54) is 7.11 Å². The molecule has 2 aromatic rings. The molecule has 0 radical (unpaired) electrons. The van der Waals surface area contributed by atoms with E-state index in [-0.39, 0.29) is 5.91 Å². The number of hydrogen-bond donors (Lipinski definition) is 2. The zero-order valence-corrected chi connectivity index (χ0v) is 12.1. The molecule has 3 N–H and O–H groups in total. The van der Waals surface area contributed by atoms with Crippen molar-refractivity contribution in [3.05, 3.63) is 71.3 Å². The third kappa shape index (κ3) is 4.15. The molecule has 0 aromatic heterocycles. The first-order valence-electron chi connectivity index (χ1n) is 6.88. The van der Waals surface area contributed by atoms with Gasteiger partial charge in [0.2, 0.25) is 0 Å². The van der Waals surface area contributed by atoms with Crippen molar-refractivity contribution >= 4 is 5.91 Å². The lowest BCUT2D eigenvalue weighted by Gasteiger charge is -2.15. The maximum Gasteiger partial charge on any atom is 0.254 e. The van der Waals surface area contributed by atoms with E-state index in [2.05, 4.69) is 5.32 Å². The van der Waals surface area contributed by atoms with Gasteiger partial charge in [-0.05, 0) is 16.7 Å². The van der Waals surface area contributed by atoms with E-state index in [1.807, 2.05) is 54.6 Å². The minimum atomic E-state index is -0.594. The Hall–Kier alpha value is -2.17. The van der Waals surface area contributed by atoms with E-state index in [9.17, 15) is 4.79 Å². The number of carbonyl (C=O) groups excluding carboxylic acids is 1. The van der Waals surface area contributed by atoms with Crippen LogP contribution in [0.1, 0.15) is 22.8 Å². The number of hydrogen-bond acceptors (Lipinski definition) is 3. The van der Waals surface area contributed by atoms with E-state index in [0.29, 0.717) is 13.1 Å². The van der Waals surface area contributed by atoms with Gasteiger partial charge < -0.3 is 15.8 Å². The van der Waals surface area contributed by atoms with E-state index in [4.69, 9.17) is 10.5 Å². The predicted octanol–water partition coefficient (Wildman–Crippen LogP) is 2.15. The molecule has 0 saturated heterocycles. The number of rotatable bonds is 6. The SMILES string of the molecule is COC(C(=O)NCc1cccc(CN)c1)c1ccccc1. The Morgan fingerprint density at radius 2 is 1.86 bits per heavy atom. The minimum Gasteiger partial charge on any atom is -0.367 e. The van der Waals surface area contributed by atoms with Crippen LogP contribution < -0.4 is 11.1 Å². The summed E-state index contributed by atoms with van der Waals surface area (Å²) in [5.41, 5.74) is 8.53. The van der Waals surface area contributed by atoms with Crippen LogP contribution >= 0.6 is 0 Å². The summed E-state index contributed by atoms with van der Waals surface area (Å²) >= 11 is 0. The van der Waals surface area contributed by atoms with Crippen molar-refractivity contribution in [1.82, 2.24) is 5.32 Å². The van der Waals surface area contributed by atoms with Crippen LogP contribution in [-0.4, -0.2) is 13.0 Å². The maximum atomic E-state index is 12.2. The molecule has 1 amide bonds. The van der Waals surface area contributed by atoms with Gasteiger partial charge in [-0.25, -0.2) is 0 Å². The van der Waals surface area contributed by atoms with E-state index >= 15 is 0 Å². The Morgan fingerprint density at radius 1 is 1.14 bits per heavy atom. The molecule has 0 saturated carbocycles. The Bertz CT molecular complexity index is 584. The van der Waals surface area contributed by atoms with Crippen LogP contribution in [0.4, 0.5) is 0 Å². The Morgan fingerprint density at radius 3 is 2.52 bits per heavy atom. The number of benzene rings is 2. The molecular formula is C17H20N2O2. The zero-order chi connectivity index (χ0) is 15.1. The molecule has 21 heavy (non-hydrogen) atoms. The van der Waals surface area contributed by atoms with E-state index in [1.54, 1.807) is 0 Å². The van der Waals surface area contributed by atoms with Crippen molar-refractivity contribution < 1.29 is 9.53 Å². The molecule has 2 aromatic carbocycles. The molecular weight excluding hydrogens is 264 g/mol. The molecule has 4 heteroatoms.